The van der Waals surface area contributed by atoms with Gasteiger partial charge in [-0.15, -0.1) is 0 Å². The van der Waals surface area contributed by atoms with Crippen LogP contribution < -0.4 is 21.3 Å². The van der Waals surface area contributed by atoms with Gasteiger partial charge in [0.25, 0.3) is 32.1 Å². The van der Waals surface area contributed by atoms with E-state index in [-0.39, 0.29) is 56.1 Å². The second-order valence-electron chi connectivity index (χ2n) is 11.6. The van der Waals surface area contributed by atoms with Gasteiger partial charge in [0.2, 0.25) is 0 Å². The lowest BCUT2D eigenvalue weighted by Gasteiger charge is -2.12. The highest BCUT2D eigenvalue weighted by Gasteiger charge is 2.19. The van der Waals surface area contributed by atoms with Crippen molar-refractivity contribution >= 4 is 88.2 Å². The van der Waals surface area contributed by atoms with Crippen LogP contribution in [0.25, 0.3) is 21.5 Å². The minimum Gasteiger partial charge on any atom is -0.507 e. The summed E-state index contributed by atoms with van der Waals surface area (Å²) in [5.74, 6) is -3.79. The molecule has 0 heterocycles. The van der Waals surface area contributed by atoms with Gasteiger partial charge in [-0.1, -0.05) is 12.1 Å². The summed E-state index contributed by atoms with van der Waals surface area (Å²) in [6.07, 6.45) is 0. The zero-order valence-corrected chi connectivity index (χ0v) is 28.9. The second-order valence-corrected chi connectivity index (χ2v) is 14.4. The Labute approximate surface area is 305 Å². The molecular weight excluding hydrogens is 745 g/mol. The fraction of sp³-hybridized carbons (Fsp3) is 0. The summed E-state index contributed by atoms with van der Waals surface area (Å²) in [4.78, 5) is 50.2. The monoisotopic (exact) mass is 770 g/mol. The van der Waals surface area contributed by atoms with Crippen molar-refractivity contribution in [1.82, 2.24) is 0 Å². The molecule has 0 saturated carbocycles. The SMILES string of the molecule is O=C(Nc1ccc(C(=O)Nc2ccc(O)c3cc(S(=O)(=O)O)ccc23)cc1)C(=O)Nc1ccc(C(=O)Nc2ccc(O)c3cc(S(=O)(=O)O)ccc23)cc1. The van der Waals surface area contributed by atoms with E-state index in [1.54, 1.807) is 0 Å². The Morgan fingerprint density at radius 1 is 0.426 bits per heavy atom. The zero-order chi connectivity index (χ0) is 38.9. The number of anilines is 4. The highest BCUT2D eigenvalue weighted by molar-refractivity contribution is 7.86. The van der Waals surface area contributed by atoms with Crippen molar-refractivity contribution in [3.8, 4) is 11.5 Å². The molecule has 0 fully saturated rings. The number of carbonyl (C=O) groups excluding carboxylic acids is 4. The van der Waals surface area contributed by atoms with Crippen molar-refractivity contribution in [1.29, 1.82) is 0 Å². The number of rotatable bonds is 8. The van der Waals surface area contributed by atoms with E-state index in [0.29, 0.717) is 10.8 Å². The predicted molar refractivity (Wildman–Crippen MR) is 197 cm³/mol. The van der Waals surface area contributed by atoms with Crippen LogP contribution in [-0.2, 0) is 29.8 Å². The fourth-order valence-corrected chi connectivity index (χ4v) is 6.35. The van der Waals surface area contributed by atoms with Gasteiger partial charge in [-0.05, 0) is 97.1 Å². The van der Waals surface area contributed by atoms with Gasteiger partial charge in [0.05, 0.1) is 9.79 Å². The first-order chi connectivity index (χ1) is 25.5. The molecule has 0 aliphatic heterocycles. The van der Waals surface area contributed by atoms with Gasteiger partial charge in [0.15, 0.2) is 0 Å². The predicted octanol–water partition coefficient (Wildman–Crippen LogP) is 4.98. The van der Waals surface area contributed by atoms with E-state index < -0.39 is 53.7 Å². The second kappa shape index (κ2) is 14.3. The fourth-order valence-electron chi connectivity index (χ4n) is 5.34. The van der Waals surface area contributed by atoms with Crippen LogP contribution in [0.2, 0.25) is 0 Å². The van der Waals surface area contributed by atoms with Crippen LogP contribution in [0.3, 0.4) is 0 Å². The molecule has 0 unspecified atom stereocenters. The number of carbonyl (C=O) groups is 4. The number of benzene rings is 6. The first kappa shape index (κ1) is 36.9. The van der Waals surface area contributed by atoms with Crippen molar-refractivity contribution in [2.75, 3.05) is 21.3 Å². The third kappa shape index (κ3) is 7.96. The van der Waals surface area contributed by atoms with Gasteiger partial charge in [-0.2, -0.15) is 16.8 Å². The van der Waals surface area contributed by atoms with Gasteiger partial charge in [-0.25, -0.2) is 0 Å². The van der Waals surface area contributed by atoms with Gasteiger partial charge in [0.1, 0.15) is 11.5 Å². The molecule has 0 bridgehead atoms. The van der Waals surface area contributed by atoms with Crippen LogP contribution in [0.15, 0.2) is 119 Å². The normalized spacial score (nSPS) is 11.5. The lowest BCUT2D eigenvalue weighted by atomic mass is 10.1. The van der Waals surface area contributed by atoms with Crippen molar-refractivity contribution < 1.29 is 55.3 Å². The van der Waals surface area contributed by atoms with E-state index >= 15 is 0 Å². The van der Waals surface area contributed by atoms with Crippen molar-refractivity contribution in [3.63, 3.8) is 0 Å². The smallest absolute Gasteiger partial charge is 0.314 e. The Hall–Kier alpha value is -6.86. The Morgan fingerprint density at radius 2 is 0.778 bits per heavy atom. The molecular formula is C36H26N4O12S2. The number of amides is 4. The maximum atomic E-state index is 13.0. The Morgan fingerprint density at radius 3 is 1.11 bits per heavy atom. The van der Waals surface area contributed by atoms with Crippen molar-refractivity contribution in [3.05, 3.63) is 120 Å². The van der Waals surface area contributed by atoms with E-state index in [4.69, 9.17) is 0 Å². The number of nitrogens with one attached hydrogen (secondary N) is 4. The van der Waals surface area contributed by atoms with Gasteiger partial charge in [-0.3, -0.25) is 28.3 Å². The molecule has 0 atom stereocenters. The van der Waals surface area contributed by atoms with E-state index in [9.17, 15) is 55.3 Å². The van der Waals surface area contributed by atoms with Crippen LogP contribution in [0.5, 0.6) is 11.5 Å². The molecule has 16 nitrogen and oxygen atoms in total. The number of phenolic OH excluding ortho intramolecular Hbond substituents is 2. The quantitative estimate of drug-likeness (QED) is 0.0579. The number of hydrogen-bond acceptors (Lipinski definition) is 10. The minimum absolute atomic E-state index is 0.0723. The molecule has 0 saturated heterocycles. The summed E-state index contributed by atoms with van der Waals surface area (Å²) in [6.45, 7) is 0. The summed E-state index contributed by atoms with van der Waals surface area (Å²) >= 11 is 0. The number of phenols is 2. The standard InChI is InChI=1S/C36H26N4O12S2/c41-31-15-13-29(25-11-9-23(17-27(25)31)53(47,48)49)39-33(43)19-1-5-21(6-2-19)37-35(45)36(46)38-22-7-3-20(4-8-22)34(44)40-30-14-16-32(42)28-18-24(54(50,51)52)10-12-26(28)30/h1-18,41-42H,(H,37,45)(H,38,46)(H,39,43)(H,40,44)(H,47,48,49)(H,50,51,52). The molecule has 6 aromatic carbocycles. The highest BCUT2D eigenvalue weighted by atomic mass is 32.2. The first-order valence-electron chi connectivity index (χ1n) is 15.4. The van der Waals surface area contributed by atoms with E-state index in [1.807, 2.05) is 0 Å². The summed E-state index contributed by atoms with van der Waals surface area (Å²) in [5, 5.41) is 31.3. The molecule has 0 aliphatic rings. The molecule has 6 rings (SSSR count). The molecule has 8 N–H and O–H groups in total. The molecule has 4 amide bonds. The van der Waals surface area contributed by atoms with Crippen LogP contribution in [-0.4, -0.2) is 59.8 Å². The Kier molecular flexibility index (Phi) is 9.76. The summed E-state index contributed by atoms with van der Waals surface area (Å²) in [5.41, 5.74) is 1.15. The van der Waals surface area contributed by atoms with E-state index in [1.165, 1.54) is 84.9 Å². The third-order valence-corrected chi connectivity index (χ3v) is 9.74. The highest BCUT2D eigenvalue weighted by Crippen LogP contribution is 2.34. The molecule has 0 spiro atoms. The van der Waals surface area contributed by atoms with Gasteiger partial charge >= 0.3 is 11.8 Å². The Balaban J connectivity index is 1.05. The summed E-state index contributed by atoms with van der Waals surface area (Å²) in [7, 11) is -9.07. The maximum absolute atomic E-state index is 13.0. The van der Waals surface area contributed by atoms with E-state index in [0.717, 1.165) is 24.3 Å². The largest absolute Gasteiger partial charge is 0.507 e. The van der Waals surface area contributed by atoms with Gasteiger partial charge in [0, 0.05) is 55.4 Å². The lowest BCUT2D eigenvalue weighted by molar-refractivity contribution is -0.132. The van der Waals surface area contributed by atoms with Crippen LogP contribution in [0.4, 0.5) is 22.7 Å². The number of fused-ring (bicyclic) bond motifs is 2. The zero-order valence-electron chi connectivity index (χ0n) is 27.3. The Bertz CT molecular complexity index is 2560. The van der Waals surface area contributed by atoms with Crippen LogP contribution in [0.1, 0.15) is 20.7 Å². The molecule has 0 aromatic heterocycles. The molecule has 274 valence electrons. The summed E-state index contributed by atoms with van der Waals surface area (Å²) in [6, 6.07) is 23.4. The van der Waals surface area contributed by atoms with Crippen molar-refractivity contribution in [2.45, 2.75) is 9.79 Å². The lowest BCUT2D eigenvalue weighted by Crippen LogP contribution is -2.29. The molecule has 0 radical (unpaired) electrons. The molecule has 0 aliphatic carbocycles. The average molecular weight is 771 g/mol. The van der Waals surface area contributed by atoms with Crippen LogP contribution in [0, 0.1) is 0 Å². The first-order valence-corrected chi connectivity index (χ1v) is 18.3. The minimum atomic E-state index is -4.54. The molecule has 54 heavy (non-hydrogen) atoms. The molecule has 18 heteroatoms. The van der Waals surface area contributed by atoms with E-state index in [2.05, 4.69) is 21.3 Å². The maximum Gasteiger partial charge on any atom is 0.314 e. The topological polar surface area (TPSA) is 266 Å². The molecule has 6 aromatic rings. The average Bonchev–Trinajstić information content (AvgIpc) is 3.13. The third-order valence-electron chi connectivity index (χ3n) is 8.04. The van der Waals surface area contributed by atoms with Gasteiger partial charge < -0.3 is 31.5 Å². The summed E-state index contributed by atoms with van der Waals surface area (Å²) < 4.78 is 64.7. The number of aromatic hydroxyl groups is 2. The number of hydrogen-bond donors (Lipinski definition) is 8. The van der Waals surface area contributed by atoms with Crippen molar-refractivity contribution in [2.24, 2.45) is 0 Å². The van der Waals surface area contributed by atoms with Crippen LogP contribution >= 0.6 is 0 Å².